The number of rotatable bonds is 4. The second kappa shape index (κ2) is 5.77. The molecule has 6 nitrogen and oxygen atoms in total. The van der Waals surface area contributed by atoms with Crippen molar-refractivity contribution in [1.29, 1.82) is 0 Å². The Balaban J connectivity index is 2.68. The number of carboxylic acid groups (broad SMARTS) is 1. The molecule has 19 heavy (non-hydrogen) atoms. The number of nitrogens with zero attached hydrogens (tertiary/aromatic N) is 1. The third kappa shape index (κ3) is 4.70. The van der Waals surface area contributed by atoms with Gasteiger partial charge in [-0.15, -0.1) is 0 Å². The molecule has 0 aromatic rings. The molecule has 1 aliphatic rings. The summed E-state index contributed by atoms with van der Waals surface area (Å²) in [6.45, 7) is 8.95. The van der Waals surface area contributed by atoms with Crippen molar-refractivity contribution in [3.8, 4) is 0 Å². The first kappa shape index (κ1) is 15.8. The molecule has 1 aliphatic heterocycles. The number of aliphatic carboxylic acids is 1. The van der Waals surface area contributed by atoms with Crippen molar-refractivity contribution in [3.05, 3.63) is 0 Å². The Labute approximate surface area is 114 Å². The molecule has 6 heteroatoms. The van der Waals surface area contributed by atoms with Gasteiger partial charge in [0.1, 0.15) is 5.60 Å². The summed E-state index contributed by atoms with van der Waals surface area (Å²) < 4.78 is 5.31. The van der Waals surface area contributed by atoms with E-state index < -0.39 is 17.1 Å². The van der Waals surface area contributed by atoms with Crippen LogP contribution in [0.5, 0.6) is 0 Å². The monoisotopic (exact) mass is 272 g/mol. The number of likely N-dealkylation sites (N-methyl/N-ethyl adjacent to an activating group) is 1. The summed E-state index contributed by atoms with van der Waals surface area (Å²) in [6.07, 6.45) is 0.268. The minimum atomic E-state index is -0.855. The van der Waals surface area contributed by atoms with E-state index in [2.05, 4.69) is 5.32 Å². The Bertz CT molecular complexity index is 351. The van der Waals surface area contributed by atoms with Gasteiger partial charge in [0.15, 0.2) is 0 Å². The number of nitrogens with one attached hydrogen (secondary N) is 1. The van der Waals surface area contributed by atoms with Crippen molar-refractivity contribution in [3.63, 3.8) is 0 Å². The first-order valence-electron chi connectivity index (χ1n) is 6.62. The van der Waals surface area contributed by atoms with Crippen molar-refractivity contribution in [2.24, 2.45) is 0 Å². The molecule has 1 amide bonds. The summed E-state index contributed by atoms with van der Waals surface area (Å²) in [5, 5.41) is 12.2. The number of carbonyl (C=O) groups excluding carboxylic acids is 1. The van der Waals surface area contributed by atoms with Crippen LogP contribution in [-0.2, 0) is 9.53 Å². The van der Waals surface area contributed by atoms with Crippen LogP contribution < -0.4 is 5.32 Å². The van der Waals surface area contributed by atoms with Crippen molar-refractivity contribution in [2.45, 2.75) is 51.7 Å². The number of hydrogen-bond donors (Lipinski definition) is 2. The lowest BCUT2D eigenvalue weighted by Gasteiger charge is -2.29. The highest BCUT2D eigenvalue weighted by atomic mass is 16.6. The average Bonchev–Trinajstić information content (AvgIpc) is 2.59. The lowest BCUT2D eigenvalue weighted by atomic mass is 9.94. The lowest BCUT2D eigenvalue weighted by Crippen LogP contribution is -2.50. The smallest absolute Gasteiger partial charge is 0.410 e. The van der Waals surface area contributed by atoms with Crippen LogP contribution in [0.2, 0.25) is 0 Å². The molecule has 1 rings (SSSR count). The van der Waals surface area contributed by atoms with Gasteiger partial charge in [-0.2, -0.15) is 0 Å². The molecular formula is C13H24N2O4. The number of ether oxygens (including phenoxy) is 1. The van der Waals surface area contributed by atoms with Crippen LogP contribution >= 0.6 is 0 Å². The van der Waals surface area contributed by atoms with E-state index in [0.29, 0.717) is 26.1 Å². The Morgan fingerprint density at radius 3 is 2.53 bits per heavy atom. The fourth-order valence-corrected chi connectivity index (χ4v) is 2.37. The van der Waals surface area contributed by atoms with Gasteiger partial charge in [-0.3, -0.25) is 4.79 Å². The molecule has 1 saturated heterocycles. The van der Waals surface area contributed by atoms with Crippen LogP contribution in [0.15, 0.2) is 0 Å². The zero-order valence-electron chi connectivity index (χ0n) is 12.2. The number of amides is 1. The zero-order valence-corrected chi connectivity index (χ0v) is 12.2. The first-order chi connectivity index (χ1) is 8.67. The van der Waals surface area contributed by atoms with E-state index in [4.69, 9.17) is 9.84 Å². The van der Waals surface area contributed by atoms with Crippen molar-refractivity contribution < 1.29 is 19.4 Å². The maximum Gasteiger partial charge on any atom is 0.410 e. The molecular weight excluding hydrogens is 248 g/mol. The van der Waals surface area contributed by atoms with E-state index in [1.807, 2.05) is 27.7 Å². The van der Waals surface area contributed by atoms with E-state index in [0.717, 1.165) is 0 Å². The van der Waals surface area contributed by atoms with Gasteiger partial charge >= 0.3 is 12.1 Å². The quantitative estimate of drug-likeness (QED) is 0.810. The van der Waals surface area contributed by atoms with Gasteiger partial charge in [-0.25, -0.2) is 4.79 Å². The molecule has 0 spiro atoms. The molecule has 1 heterocycles. The van der Waals surface area contributed by atoms with Crippen LogP contribution in [0.1, 0.15) is 40.5 Å². The van der Waals surface area contributed by atoms with Gasteiger partial charge in [0.2, 0.25) is 0 Å². The number of hydrogen-bond acceptors (Lipinski definition) is 4. The van der Waals surface area contributed by atoms with Crippen LogP contribution in [0.3, 0.4) is 0 Å². The second-order valence-corrected chi connectivity index (χ2v) is 6.03. The molecule has 110 valence electrons. The Morgan fingerprint density at radius 2 is 2.05 bits per heavy atom. The van der Waals surface area contributed by atoms with Crippen LogP contribution in [-0.4, -0.2) is 52.8 Å². The van der Waals surface area contributed by atoms with Gasteiger partial charge in [0, 0.05) is 18.6 Å². The SMILES string of the molecule is CCNC1(CC(=O)O)CCN(C(=O)OC(C)(C)C)C1. The predicted octanol–water partition coefficient (Wildman–Crippen LogP) is 1.45. The largest absolute Gasteiger partial charge is 0.481 e. The van der Waals surface area contributed by atoms with Gasteiger partial charge in [0.05, 0.1) is 6.42 Å². The Morgan fingerprint density at radius 1 is 1.42 bits per heavy atom. The standard InChI is InChI=1S/C13H24N2O4/c1-5-14-13(8-10(16)17)6-7-15(9-13)11(18)19-12(2,3)4/h14H,5-9H2,1-4H3,(H,16,17). The van der Waals surface area contributed by atoms with Crippen LogP contribution in [0.25, 0.3) is 0 Å². The molecule has 0 aromatic heterocycles. The van der Waals surface area contributed by atoms with E-state index in [9.17, 15) is 9.59 Å². The Hall–Kier alpha value is -1.30. The molecule has 0 radical (unpaired) electrons. The van der Waals surface area contributed by atoms with E-state index >= 15 is 0 Å². The molecule has 2 N–H and O–H groups in total. The van der Waals surface area contributed by atoms with Gasteiger partial charge < -0.3 is 20.1 Å². The summed E-state index contributed by atoms with van der Waals surface area (Å²) >= 11 is 0. The molecule has 1 atom stereocenters. The summed E-state index contributed by atoms with van der Waals surface area (Å²) in [5.41, 5.74) is -1.06. The van der Waals surface area contributed by atoms with Gasteiger partial charge in [-0.05, 0) is 33.7 Å². The molecule has 0 bridgehead atoms. The zero-order chi connectivity index (χ0) is 14.7. The molecule has 0 aromatic carbocycles. The van der Waals surface area contributed by atoms with Crippen molar-refractivity contribution in [2.75, 3.05) is 19.6 Å². The van der Waals surface area contributed by atoms with Crippen LogP contribution in [0, 0.1) is 0 Å². The van der Waals surface area contributed by atoms with Gasteiger partial charge in [-0.1, -0.05) is 6.92 Å². The fraction of sp³-hybridized carbons (Fsp3) is 0.846. The number of likely N-dealkylation sites (tertiary alicyclic amines) is 1. The molecule has 1 unspecified atom stereocenters. The summed E-state index contributed by atoms with van der Waals surface area (Å²) in [6, 6.07) is 0. The van der Waals surface area contributed by atoms with E-state index in [-0.39, 0.29) is 12.5 Å². The Kier molecular flexibility index (Phi) is 4.79. The predicted molar refractivity (Wildman–Crippen MR) is 71.1 cm³/mol. The minimum Gasteiger partial charge on any atom is -0.481 e. The van der Waals surface area contributed by atoms with Crippen molar-refractivity contribution in [1.82, 2.24) is 10.2 Å². The maximum absolute atomic E-state index is 12.0. The molecule has 0 aliphatic carbocycles. The number of carboxylic acids is 1. The summed E-state index contributed by atoms with van der Waals surface area (Å²) in [7, 11) is 0. The average molecular weight is 272 g/mol. The topological polar surface area (TPSA) is 78.9 Å². The van der Waals surface area contributed by atoms with Crippen LogP contribution in [0.4, 0.5) is 4.79 Å². The normalized spacial score (nSPS) is 23.5. The highest BCUT2D eigenvalue weighted by Crippen LogP contribution is 2.26. The number of carbonyl (C=O) groups is 2. The summed E-state index contributed by atoms with van der Waals surface area (Å²) in [4.78, 5) is 24.5. The lowest BCUT2D eigenvalue weighted by molar-refractivity contribution is -0.138. The third-order valence-electron chi connectivity index (χ3n) is 3.05. The maximum atomic E-state index is 12.0. The minimum absolute atomic E-state index is 0.0140. The fourth-order valence-electron chi connectivity index (χ4n) is 2.37. The third-order valence-corrected chi connectivity index (χ3v) is 3.05. The highest BCUT2D eigenvalue weighted by Gasteiger charge is 2.42. The summed E-state index contributed by atoms with van der Waals surface area (Å²) in [5.74, 6) is -0.855. The molecule has 0 saturated carbocycles. The van der Waals surface area contributed by atoms with E-state index in [1.54, 1.807) is 4.90 Å². The van der Waals surface area contributed by atoms with Gasteiger partial charge in [0.25, 0.3) is 0 Å². The first-order valence-corrected chi connectivity index (χ1v) is 6.62. The van der Waals surface area contributed by atoms with Crippen molar-refractivity contribution >= 4 is 12.1 Å². The van der Waals surface area contributed by atoms with E-state index in [1.165, 1.54) is 0 Å². The molecule has 1 fully saturated rings. The highest BCUT2D eigenvalue weighted by molar-refractivity contribution is 5.71. The second-order valence-electron chi connectivity index (χ2n) is 6.03.